The van der Waals surface area contributed by atoms with Crippen molar-refractivity contribution in [3.8, 4) is 0 Å². The minimum atomic E-state index is 0.500. The van der Waals surface area contributed by atoms with Crippen LogP contribution in [-0.4, -0.2) is 69.3 Å². The number of nitrogens with two attached hydrogens (primary N) is 1. The van der Waals surface area contributed by atoms with E-state index in [1.807, 2.05) is 0 Å². The van der Waals surface area contributed by atoms with Crippen molar-refractivity contribution >= 4 is 0 Å². The average molecular weight is 269 g/mol. The molecule has 2 heterocycles. The molecule has 2 atom stereocenters. The fraction of sp³-hybridized carbons (Fsp3) is 1.00. The number of piperidine rings is 1. The van der Waals surface area contributed by atoms with Crippen LogP contribution in [0.25, 0.3) is 0 Å². The number of hydrogen-bond acceptors (Lipinski definition) is 4. The summed E-state index contributed by atoms with van der Waals surface area (Å²) < 4.78 is 5.63. The molecule has 2 aliphatic heterocycles. The molecular formula is C15H31N3O. The highest BCUT2D eigenvalue weighted by Gasteiger charge is 2.28. The number of ether oxygens (including phenoxy) is 1. The molecule has 2 rings (SSSR count). The van der Waals surface area contributed by atoms with Crippen molar-refractivity contribution in [2.75, 3.05) is 53.5 Å². The lowest BCUT2D eigenvalue weighted by Crippen LogP contribution is -2.48. The Labute approximate surface area is 118 Å². The van der Waals surface area contributed by atoms with E-state index in [1.165, 1.54) is 45.3 Å². The van der Waals surface area contributed by atoms with Gasteiger partial charge in [-0.3, -0.25) is 0 Å². The number of likely N-dealkylation sites (tertiary alicyclic amines) is 1. The van der Waals surface area contributed by atoms with Crippen molar-refractivity contribution in [1.29, 1.82) is 0 Å². The highest BCUT2D eigenvalue weighted by Crippen LogP contribution is 2.23. The van der Waals surface area contributed by atoms with Gasteiger partial charge in [-0.2, -0.15) is 0 Å². The van der Waals surface area contributed by atoms with Gasteiger partial charge in [0, 0.05) is 25.7 Å². The molecule has 0 aromatic heterocycles. The van der Waals surface area contributed by atoms with Crippen molar-refractivity contribution < 1.29 is 4.74 Å². The first-order valence-corrected chi connectivity index (χ1v) is 7.87. The zero-order valence-electron chi connectivity index (χ0n) is 12.7. The zero-order chi connectivity index (χ0) is 13.7. The molecule has 0 bridgehead atoms. The molecule has 0 spiro atoms. The monoisotopic (exact) mass is 269 g/mol. The van der Waals surface area contributed by atoms with Gasteiger partial charge in [0.2, 0.25) is 0 Å². The Kier molecular flexibility index (Phi) is 6.07. The van der Waals surface area contributed by atoms with Crippen molar-refractivity contribution in [2.45, 2.75) is 31.7 Å². The Hall–Kier alpha value is -0.160. The molecular weight excluding hydrogens is 238 g/mol. The third kappa shape index (κ3) is 4.42. The van der Waals surface area contributed by atoms with Crippen LogP contribution in [-0.2, 0) is 4.74 Å². The molecule has 2 unspecified atom stereocenters. The molecule has 4 heteroatoms. The van der Waals surface area contributed by atoms with Gasteiger partial charge in [0.1, 0.15) is 0 Å². The molecule has 4 nitrogen and oxygen atoms in total. The van der Waals surface area contributed by atoms with Crippen LogP contribution < -0.4 is 5.73 Å². The molecule has 0 aromatic rings. The van der Waals surface area contributed by atoms with E-state index in [-0.39, 0.29) is 0 Å². The van der Waals surface area contributed by atoms with Crippen LogP contribution in [0.2, 0.25) is 0 Å². The maximum absolute atomic E-state index is 6.03. The SMILES string of the molecule is CN1CCC(CN(C)C(CN)C2CCCOC2)CC1. The molecule has 0 aliphatic carbocycles. The Morgan fingerprint density at radius 2 is 2.05 bits per heavy atom. The summed E-state index contributed by atoms with van der Waals surface area (Å²) in [6.07, 6.45) is 5.14. The van der Waals surface area contributed by atoms with Gasteiger partial charge in [-0.1, -0.05) is 0 Å². The molecule has 0 amide bonds. The van der Waals surface area contributed by atoms with Crippen LogP contribution in [0.5, 0.6) is 0 Å². The van der Waals surface area contributed by atoms with Gasteiger partial charge in [0.15, 0.2) is 0 Å². The van der Waals surface area contributed by atoms with Gasteiger partial charge in [0.05, 0.1) is 6.61 Å². The number of nitrogens with zero attached hydrogens (tertiary/aromatic N) is 2. The molecule has 0 radical (unpaired) electrons. The van der Waals surface area contributed by atoms with E-state index < -0.39 is 0 Å². The summed E-state index contributed by atoms with van der Waals surface area (Å²) in [6.45, 7) is 6.30. The van der Waals surface area contributed by atoms with Gasteiger partial charge in [-0.15, -0.1) is 0 Å². The number of likely N-dealkylation sites (N-methyl/N-ethyl adjacent to an activating group) is 1. The van der Waals surface area contributed by atoms with E-state index in [9.17, 15) is 0 Å². The third-order valence-electron chi connectivity index (χ3n) is 4.93. The lowest BCUT2D eigenvalue weighted by molar-refractivity contribution is 0.0120. The minimum Gasteiger partial charge on any atom is -0.381 e. The van der Waals surface area contributed by atoms with Crippen LogP contribution in [0.1, 0.15) is 25.7 Å². The van der Waals surface area contributed by atoms with Crippen LogP contribution in [0.15, 0.2) is 0 Å². The quantitative estimate of drug-likeness (QED) is 0.809. The molecule has 0 saturated carbocycles. The Morgan fingerprint density at radius 3 is 2.63 bits per heavy atom. The van der Waals surface area contributed by atoms with Crippen molar-refractivity contribution in [3.63, 3.8) is 0 Å². The summed E-state index contributed by atoms with van der Waals surface area (Å²) in [6, 6.07) is 0.500. The predicted molar refractivity (Wildman–Crippen MR) is 79.2 cm³/mol. The van der Waals surface area contributed by atoms with Crippen LogP contribution in [0, 0.1) is 11.8 Å². The summed E-state index contributed by atoms with van der Waals surface area (Å²) in [5.74, 6) is 1.48. The van der Waals surface area contributed by atoms with Crippen LogP contribution >= 0.6 is 0 Å². The van der Waals surface area contributed by atoms with Crippen molar-refractivity contribution in [2.24, 2.45) is 17.6 Å². The lowest BCUT2D eigenvalue weighted by Gasteiger charge is -2.39. The largest absolute Gasteiger partial charge is 0.381 e. The van der Waals surface area contributed by atoms with E-state index in [2.05, 4.69) is 23.9 Å². The topological polar surface area (TPSA) is 41.7 Å². The summed E-state index contributed by atoms with van der Waals surface area (Å²) in [5.41, 5.74) is 6.03. The molecule has 2 fully saturated rings. The van der Waals surface area contributed by atoms with Crippen molar-refractivity contribution in [1.82, 2.24) is 9.80 Å². The van der Waals surface area contributed by atoms with Crippen molar-refractivity contribution in [3.05, 3.63) is 0 Å². The average Bonchev–Trinajstić information content (AvgIpc) is 2.43. The van der Waals surface area contributed by atoms with Crippen LogP contribution in [0.4, 0.5) is 0 Å². The van der Waals surface area contributed by atoms with E-state index in [0.717, 1.165) is 25.7 Å². The van der Waals surface area contributed by atoms with Crippen LogP contribution in [0.3, 0.4) is 0 Å². The van der Waals surface area contributed by atoms with E-state index in [1.54, 1.807) is 0 Å². The summed E-state index contributed by atoms with van der Waals surface area (Å²) >= 11 is 0. The molecule has 2 saturated heterocycles. The maximum Gasteiger partial charge on any atom is 0.0509 e. The molecule has 0 aromatic carbocycles. The predicted octanol–water partition coefficient (Wildman–Crippen LogP) is 1.01. The van der Waals surface area contributed by atoms with Gasteiger partial charge in [0.25, 0.3) is 0 Å². The molecule has 2 aliphatic rings. The fourth-order valence-electron chi connectivity index (χ4n) is 3.59. The molecule has 112 valence electrons. The van der Waals surface area contributed by atoms with Gasteiger partial charge >= 0.3 is 0 Å². The zero-order valence-corrected chi connectivity index (χ0v) is 12.7. The first kappa shape index (κ1) is 15.2. The second kappa shape index (κ2) is 7.58. The Morgan fingerprint density at radius 1 is 1.32 bits per heavy atom. The highest BCUT2D eigenvalue weighted by molar-refractivity contribution is 4.82. The highest BCUT2D eigenvalue weighted by atomic mass is 16.5. The second-order valence-corrected chi connectivity index (χ2v) is 6.47. The van der Waals surface area contributed by atoms with E-state index >= 15 is 0 Å². The van der Waals surface area contributed by atoms with Gasteiger partial charge < -0.3 is 20.3 Å². The third-order valence-corrected chi connectivity index (χ3v) is 4.93. The van der Waals surface area contributed by atoms with E-state index in [4.69, 9.17) is 10.5 Å². The Bertz CT molecular complexity index is 248. The molecule has 19 heavy (non-hydrogen) atoms. The normalized spacial score (nSPS) is 28.7. The Balaban J connectivity index is 1.80. The summed E-state index contributed by atoms with van der Waals surface area (Å²) in [7, 11) is 4.48. The molecule has 2 N–H and O–H groups in total. The van der Waals surface area contributed by atoms with Gasteiger partial charge in [-0.25, -0.2) is 0 Å². The smallest absolute Gasteiger partial charge is 0.0509 e. The minimum absolute atomic E-state index is 0.500. The first-order chi connectivity index (χ1) is 9.20. The number of rotatable bonds is 5. The summed E-state index contributed by atoms with van der Waals surface area (Å²) in [4.78, 5) is 4.95. The first-order valence-electron chi connectivity index (χ1n) is 7.87. The fourth-order valence-corrected chi connectivity index (χ4v) is 3.59. The maximum atomic E-state index is 6.03. The second-order valence-electron chi connectivity index (χ2n) is 6.47. The lowest BCUT2D eigenvalue weighted by atomic mass is 9.90. The standard InChI is InChI=1S/C15H31N3O/c1-17-7-5-13(6-8-17)11-18(2)15(10-16)14-4-3-9-19-12-14/h13-15H,3-12,16H2,1-2H3. The number of hydrogen-bond donors (Lipinski definition) is 1. The summed E-state index contributed by atoms with van der Waals surface area (Å²) in [5, 5.41) is 0. The van der Waals surface area contributed by atoms with Gasteiger partial charge in [-0.05, 0) is 64.7 Å². The van der Waals surface area contributed by atoms with E-state index in [0.29, 0.717) is 12.0 Å².